The fourth-order valence-corrected chi connectivity index (χ4v) is 3.29. The van der Waals surface area contributed by atoms with Gasteiger partial charge in [-0.15, -0.1) is 0 Å². The zero-order valence-electron chi connectivity index (χ0n) is 18.4. The van der Waals surface area contributed by atoms with Gasteiger partial charge in [-0.25, -0.2) is 0 Å². The van der Waals surface area contributed by atoms with Crippen LogP contribution in [0.25, 0.3) is 0 Å². The largest absolute Gasteiger partial charge is 0.493 e. The molecule has 6 heteroatoms. The van der Waals surface area contributed by atoms with E-state index in [1.807, 2.05) is 30.6 Å². The number of aliphatic hydroxyl groups is 1. The van der Waals surface area contributed by atoms with Gasteiger partial charge in [0.1, 0.15) is 12.7 Å². The number of hydrogen-bond donors (Lipinski definition) is 1. The van der Waals surface area contributed by atoms with Crippen molar-refractivity contribution in [2.75, 3.05) is 40.4 Å². The lowest BCUT2D eigenvalue weighted by Gasteiger charge is -2.23. The lowest BCUT2D eigenvalue weighted by Crippen LogP contribution is -2.35. The molecule has 1 aromatic heterocycles. The van der Waals surface area contributed by atoms with Crippen molar-refractivity contribution < 1.29 is 14.6 Å². The standard InChI is InChI=1S/C23H35N3O3/c1-6-26(7-2)16-21(27)17-29-23-12-19(8-9-22(23)28-5)14-25(4)15-20-10-11-24-13-18(20)3/h8-13,21,27H,6-7,14-17H2,1-5H3. The first kappa shape index (κ1) is 23.1. The van der Waals surface area contributed by atoms with E-state index in [9.17, 15) is 5.11 Å². The van der Waals surface area contributed by atoms with Gasteiger partial charge in [0.15, 0.2) is 11.5 Å². The van der Waals surface area contributed by atoms with Crippen LogP contribution in [-0.2, 0) is 13.1 Å². The number of rotatable bonds is 12. The minimum Gasteiger partial charge on any atom is -0.493 e. The second-order valence-electron chi connectivity index (χ2n) is 7.41. The number of aromatic nitrogens is 1. The third-order valence-corrected chi connectivity index (χ3v) is 5.05. The van der Waals surface area contributed by atoms with Crippen LogP contribution in [-0.4, -0.2) is 66.4 Å². The molecule has 0 saturated heterocycles. The second kappa shape index (κ2) is 11.8. The maximum atomic E-state index is 10.3. The summed E-state index contributed by atoms with van der Waals surface area (Å²) < 4.78 is 11.3. The van der Waals surface area contributed by atoms with Crippen molar-refractivity contribution in [3.63, 3.8) is 0 Å². The number of aryl methyl sites for hydroxylation is 1. The fraction of sp³-hybridized carbons (Fsp3) is 0.522. The Morgan fingerprint density at radius 2 is 1.86 bits per heavy atom. The SMILES string of the molecule is CCN(CC)CC(O)COc1cc(CN(C)Cc2ccncc2C)ccc1OC. The third-order valence-electron chi connectivity index (χ3n) is 5.05. The molecule has 0 saturated carbocycles. The van der Waals surface area contributed by atoms with Gasteiger partial charge in [0.2, 0.25) is 0 Å². The number of hydrogen-bond acceptors (Lipinski definition) is 6. The summed E-state index contributed by atoms with van der Waals surface area (Å²) in [5.41, 5.74) is 3.60. The molecule has 1 atom stereocenters. The van der Waals surface area contributed by atoms with Crippen molar-refractivity contribution in [1.29, 1.82) is 0 Å². The Morgan fingerprint density at radius 3 is 2.52 bits per heavy atom. The van der Waals surface area contributed by atoms with Gasteiger partial charge < -0.3 is 19.5 Å². The van der Waals surface area contributed by atoms with Crippen molar-refractivity contribution in [2.45, 2.75) is 40.0 Å². The number of ether oxygens (including phenoxy) is 2. The highest BCUT2D eigenvalue weighted by Crippen LogP contribution is 2.29. The van der Waals surface area contributed by atoms with Crippen LogP contribution in [0.15, 0.2) is 36.7 Å². The molecule has 2 aromatic rings. The lowest BCUT2D eigenvalue weighted by molar-refractivity contribution is 0.0705. The van der Waals surface area contributed by atoms with Crippen molar-refractivity contribution in [3.05, 3.63) is 53.3 Å². The van der Waals surface area contributed by atoms with Crippen LogP contribution in [0, 0.1) is 6.92 Å². The summed E-state index contributed by atoms with van der Waals surface area (Å²) in [5.74, 6) is 1.34. The molecule has 0 radical (unpaired) electrons. The Balaban J connectivity index is 1.99. The van der Waals surface area contributed by atoms with Crippen LogP contribution >= 0.6 is 0 Å². The normalized spacial score (nSPS) is 12.4. The predicted molar refractivity (Wildman–Crippen MR) is 116 cm³/mol. The summed E-state index contributed by atoms with van der Waals surface area (Å²) in [4.78, 5) is 8.59. The van der Waals surface area contributed by atoms with Crippen molar-refractivity contribution in [2.24, 2.45) is 0 Å². The summed E-state index contributed by atoms with van der Waals surface area (Å²) >= 11 is 0. The van der Waals surface area contributed by atoms with E-state index in [0.29, 0.717) is 18.0 Å². The highest BCUT2D eigenvalue weighted by Gasteiger charge is 2.13. The number of benzene rings is 1. The summed E-state index contributed by atoms with van der Waals surface area (Å²) in [6.07, 6.45) is 3.19. The first-order valence-electron chi connectivity index (χ1n) is 10.2. The third kappa shape index (κ3) is 7.31. The molecule has 2 rings (SSSR count). The van der Waals surface area contributed by atoms with Gasteiger partial charge >= 0.3 is 0 Å². The molecule has 1 N–H and O–H groups in total. The Bertz CT molecular complexity index is 750. The first-order valence-corrected chi connectivity index (χ1v) is 10.2. The van der Waals surface area contributed by atoms with Crippen LogP contribution < -0.4 is 9.47 Å². The van der Waals surface area contributed by atoms with Gasteiger partial charge in [-0.1, -0.05) is 19.9 Å². The molecular weight excluding hydrogens is 366 g/mol. The van der Waals surface area contributed by atoms with Gasteiger partial charge in [0.25, 0.3) is 0 Å². The average Bonchev–Trinajstić information content (AvgIpc) is 2.72. The Morgan fingerprint density at radius 1 is 1.10 bits per heavy atom. The number of aliphatic hydroxyl groups excluding tert-OH is 1. The molecule has 0 spiro atoms. The van der Waals surface area contributed by atoms with Gasteiger partial charge in [0.05, 0.1) is 7.11 Å². The van der Waals surface area contributed by atoms with Gasteiger partial charge in [0, 0.05) is 32.0 Å². The smallest absolute Gasteiger partial charge is 0.161 e. The first-order chi connectivity index (χ1) is 14.0. The number of methoxy groups -OCH3 is 1. The quantitative estimate of drug-likeness (QED) is 0.590. The van der Waals surface area contributed by atoms with E-state index in [1.165, 1.54) is 11.1 Å². The van der Waals surface area contributed by atoms with Crippen molar-refractivity contribution in [3.8, 4) is 11.5 Å². The van der Waals surface area contributed by atoms with Crippen LogP contribution in [0.2, 0.25) is 0 Å². The Hall–Kier alpha value is -2.15. The molecule has 29 heavy (non-hydrogen) atoms. The molecule has 0 aliphatic rings. The van der Waals surface area contributed by atoms with E-state index in [0.717, 1.165) is 31.7 Å². The summed E-state index contributed by atoms with van der Waals surface area (Å²) in [6, 6.07) is 8.03. The Labute approximate surface area is 175 Å². The minimum absolute atomic E-state index is 0.238. The Kier molecular flexibility index (Phi) is 9.38. The molecule has 0 bridgehead atoms. The number of nitrogens with zero attached hydrogens (tertiary/aromatic N) is 3. The lowest BCUT2D eigenvalue weighted by atomic mass is 10.1. The maximum absolute atomic E-state index is 10.3. The highest BCUT2D eigenvalue weighted by atomic mass is 16.5. The van der Waals surface area contributed by atoms with Crippen molar-refractivity contribution >= 4 is 0 Å². The summed E-state index contributed by atoms with van der Waals surface area (Å²) in [6.45, 7) is 10.6. The van der Waals surface area contributed by atoms with Crippen LogP contribution in [0.4, 0.5) is 0 Å². The van der Waals surface area contributed by atoms with Crippen LogP contribution in [0.5, 0.6) is 11.5 Å². The average molecular weight is 402 g/mol. The molecule has 1 aromatic carbocycles. The van der Waals surface area contributed by atoms with E-state index in [4.69, 9.17) is 9.47 Å². The second-order valence-corrected chi connectivity index (χ2v) is 7.41. The molecule has 1 unspecified atom stereocenters. The van der Waals surface area contributed by atoms with E-state index < -0.39 is 6.10 Å². The zero-order valence-corrected chi connectivity index (χ0v) is 18.4. The molecule has 0 amide bonds. The molecule has 1 heterocycles. The number of likely N-dealkylation sites (N-methyl/N-ethyl adjacent to an activating group) is 1. The molecule has 0 aliphatic carbocycles. The molecule has 6 nitrogen and oxygen atoms in total. The summed E-state index contributed by atoms with van der Waals surface area (Å²) in [5, 5.41) is 10.3. The summed E-state index contributed by atoms with van der Waals surface area (Å²) in [7, 11) is 3.73. The van der Waals surface area contributed by atoms with E-state index >= 15 is 0 Å². The van der Waals surface area contributed by atoms with Crippen LogP contribution in [0.3, 0.4) is 0 Å². The monoisotopic (exact) mass is 401 g/mol. The predicted octanol–water partition coefficient (Wildman–Crippen LogP) is 3.11. The molecular formula is C23H35N3O3. The maximum Gasteiger partial charge on any atom is 0.161 e. The fourth-order valence-electron chi connectivity index (χ4n) is 3.29. The zero-order chi connectivity index (χ0) is 21.2. The highest BCUT2D eigenvalue weighted by molar-refractivity contribution is 5.43. The molecule has 0 aliphatic heterocycles. The van der Waals surface area contributed by atoms with Gasteiger partial charge in [-0.2, -0.15) is 0 Å². The van der Waals surface area contributed by atoms with Gasteiger partial charge in [-0.3, -0.25) is 9.88 Å². The molecule has 0 fully saturated rings. The number of pyridine rings is 1. The van der Waals surface area contributed by atoms with Gasteiger partial charge in [-0.05, 0) is 62.0 Å². The topological polar surface area (TPSA) is 58.1 Å². The van der Waals surface area contributed by atoms with E-state index in [2.05, 4.69) is 48.7 Å². The van der Waals surface area contributed by atoms with E-state index in [-0.39, 0.29) is 6.61 Å². The van der Waals surface area contributed by atoms with Crippen LogP contribution in [0.1, 0.15) is 30.5 Å². The minimum atomic E-state index is -0.541. The van der Waals surface area contributed by atoms with Crippen molar-refractivity contribution in [1.82, 2.24) is 14.8 Å². The van der Waals surface area contributed by atoms with E-state index in [1.54, 1.807) is 7.11 Å². The molecule has 160 valence electrons.